The average Bonchev–Trinajstić information content (AvgIpc) is 3.07. The minimum Gasteiger partial charge on any atom is -0.337 e. The van der Waals surface area contributed by atoms with E-state index in [2.05, 4.69) is 16.5 Å². The van der Waals surface area contributed by atoms with Gasteiger partial charge in [-0.2, -0.15) is 0 Å². The first-order valence-corrected chi connectivity index (χ1v) is 8.57. The summed E-state index contributed by atoms with van der Waals surface area (Å²) in [5.41, 5.74) is 1.22. The maximum Gasteiger partial charge on any atom is 0.291 e. The monoisotopic (exact) mass is 351 g/mol. The molecule has 7 heteroatoms. The summed E-state index contributed by atoms with van der Waals surface area (Å²) in [6.07, 6.45) is 13.2. The van der Waals surface area contributed by atoms with Gasteiger partial charge in [-0.3, -0.25) is 0 Å². The first kappa shape index (κ1) is 20.6. The Bertz CT molecular complexity index is 584. The van der Waals surface area contributed by atoms with Crippen molar-refractivity contribution in [1.82, 2.24) is 9.55 Å². The van der Waals surface area contributed by atoms with Crippen molar-refractivity contribution in [1.29, 1.82) is 0 Å². The van der Waals surface area contributed by atoms with E-state index >= 15 is 0 Å². The molecule has 2 rings (SSSR count). The van der Waals surface area contributed by atoms with Gasteiger partial charge in [-0.15, -0.1) is 10.1 Å². The number of nitrogens with zero attached hydrogens (tertiary/aromatic N) is 3. The van der Waals surface area contributed by atoms with Crippen LogP contribution in [-0.4, -0.2) is 19.8 Å². The van der Waals surface area contributed by atoms with E-state index in [-0.39, 0.29) is 5.82 Å². The second-order valence-corrected chi connectivity index (χ2v) is 5.95. The van der Waals surface area contributed by atoms with Crippen molar-refractivity contribution in [3.63, 3.8) is 0 Å². The van der Waals surface area contributed by atoms with Crippen LogP contribution in [0.4, 0.5) is 4.39 Å². The normalized spacial score (nSPS) is 11.4. The Morgan fingerprint density at radius 1 is 1.24 bits per heavy atom. The molecular weight excluding hydrogens is 325 g/mol. The number of halogens is 1. The molecule has 0 aliphatic rings. The van der Waals surface area contributed by atoms with Gasteiger partial charge in [0.25, 0.3) is 5.09 Å². The minimum atomic E-state index is -1.50. The fraction of sp³-hybridized carbons (Fsp3) is 0.500. The fourth-order valence-electron chi connectivity index (χ4n) is 2.74. The van der Waals surface area contributed by atoms with Gasteiger partial charge in [0.1, 0.15) is 5.82 Å². The summed E-state index contributed by atoms with van der Waals surface area (Å²) in [6, 6.07) is 6.96. The van der Waals surface area contributed by atoms with Crippen LogP contribution in [-0.2, 0) is 6.54 Å². The zero-order valence-electron chi connectivity index (χ0n) is 14.6. The van der Waals surface area contributed by atoms with E-state index in [9.17, 15) is 4.39 Å². The number of hydrogen-bond donors (Lipinski definition) is 1. The lowest BCUT2D eigenvalue weighted by atomic mass is 9.92. The van der Waals surface area contributed by atoms with Gasteiger partial charge >= 0.3 is 0 Å². The Balaban J connectivity index is 0.000000705. The summed E-state index contributed by atoms with van der Waals surface area (Å²) < 4.78 is 15.2. The second kappa shape index (κ2) is 12.0. The Kier molecular flexibility index (Phi) is 9.89. The van der Waals surface area contributed by atoms with Gasteiger partial charge < -0.3 is 9.77 Å². The molecular formula is C18H26FN3O3. The van der Waals surface area contributed by atoms with Crippen LogP contribution in [0.5, 0.6) is 0 Å². The standard InChI is InChI=1S/C18H25FN2.HNO3/c1-2-3-4-5-6-7-17(14-21-13-12-20-15-21)16-8-10-18(19)11-9-16;2-1(3)4/h8-13,15,17H,2-7,14H2,1H3;(H,2,3,4). The lowest BCUT2D eigenvalue weighted by molar-refractivity contribution is -0.742. The molecule has 0 fully saturated rings. The van der Waals surface area contributed by atoms with Crippen molar-refractivity contribution in [3.05, 3.63) is 64.5 Å². The zero-order valence-corrected chi connectivity index (χ0v) is 14.6. The van der Waals surface area contributed by atoms with Crippen LogP contribution < -0.4 is 0 Å². The Hall–Kier alpha value is -2.44. The molecule has 0 saturated heterocycles. The Morgan fingerprint density at radius 2 is 1.88 bits per heavy atom. The second-order valence-electron chi connectivity index (χ2n) is 5.95. The van der Waals surface area contributed by atoms with E-state index in [1.807, 2.05) is 30.9 Å². The fourth-order valence-corrected chi connectivity index (χ4v) is 2.74. The molecule has 0 radical (unpaired) electrons. The molecule has 0 spiro atoms. The molecule has 6 nitrogen and oxygen atoms in total. The molecule has 1 N–H and O–H groups in total. The molecule has 0 aliphatic carbocycles. The van der Waals surface area contributed by atoms with Gasteiger partial charge in [0, 0.05) is 24.9 Å². The molecule has 1 unspecified atom stereocenters. The highest BCUT2D eigenvalue weighted by Gasteiger charge is 2.12. The topological polar surface area (TPSA) is 81.2 Å². The van der Waals surface area contributed by atoms with Gasteiger partial charge in [0.05, 0.1) is 6.33 Å². The molecule has 0 bridgehead atoms. The number of imidazole rings is 1. The highest BCUT2D eigenvalue weighted by molar-refractivity contribution is 5.20. The third-order valence-corrected chi connectivity index (χ3v) is 3.99. The van der Waals surface area contributed by atoms with E-state index < -0.39 is 5.09 Å². The van der Waals surface area contributed by atoms with Crippen LogP contribution in [0.15, 0.2) is 43.0 Å². The smallest absolute Gasteiger partial charge is 0.291 e. The van der Waals surface area contributed by atoms with Crippen molar-refractivity contribution >= 4 is 0 Å². The molecule has 1 aromatic heterocycles. The number of hydrogen-bond acceptors (Lipinski definition) is 3. The number of rotatable bonds is 9. The Labute approximate surface area is 147 Å². The summed E-state index contributed by atoms with van der Waals surface area (Å²) in [5, 5.41) is 13.6. The number of aromatic nitrogens is 2. The van der Waals surface area contributed by atoms with Gasteiger partial charge in [0.15, 0.2) is 0 Å². The van der Waals surface area contributed by atoms with Crippen molar-refractivity contribution in [2.24, 2.45) is 0 Å². The van der Waals surface area contributed by atoms with E-state index in [1.165, 1.54) is 37.7 Å². The highest BCUT2D eigenvalue weighted by Crippen LogP contribution is 2.25. The first-order chi connectivity index (χ1) is 12.0. The molecule has 2 aromatic rings. The van der Waals surface area contributed by atoms with Gasteiger partial charge in [-0.25, -0.2) is 9.37 Å². The maximum atomic E-state index is 13.1. The third-order valence-electron chi connectivity index (χ3n) is 3.99. The summed E-state index contributed by atoms with van der Waals surface area (Å²) in [7, 11) is 0. The molecule has 1 aromatic carbocycles. The predicted octanol–water partition coefficient (Wildman–Crippen LogP) is 4.82. The molecule has 25 heavy (non-hydrogen) atoms. The molecule has 1 atom stereocenters. The largest absolute Gasteiger partial charge is 0.337 e. The molecule has 138 valence electrons. The predicted molar refractivity (Wildman–Crippen MR) is 93.5 cm³/mol. The van der Waals surface area contributed by atoms with Crippen LogP contribution in [0, 0.1) is 15.9 Å². The summed E-state index contributed by atoms with van der Waals surface area (Å²) in [4.78, 5) is 12.5. The van der Waals surface area contributed by atoms with E-state index in [0.29, 0.717) is 5.92 Å². The van der Waals surface area contributed by atoms with Crippen LogP contribution in [0.3, 0.4) is 0 Å². The quantitative estimate of drug-likeness (QED) is 0.399. The molecule has 0 aliphatic heterocycles. The third kappa shape index (κ3) is 9.44. The SMILES string of the molecule is CCCCCCCC(Cn1ccnc1)c1ccc(F)cc1.O=[N+]([O-])O. The molecule has 0 amide bonds. The summed E-state index contributed by atoms with van der Waals surface area (Å²) >= 11 is 0. The van der Waals surface area contributed by atoms with Crippen LogP contribution in [0.1, 0.15) is 56.9 Å². The number of benzene rings is 1. The van der Waals surface area contributed by atoms with Crippen molar-refractivity contribution in [2.45, 2.75) is 57.9 Å². The van der Waals surface area contributed by atoms with Gasteiger partial charge in [0.2, 0.25) is 0 Å². The van der Waals surface area contributed by atoms with Crippen LogP contribution in [0.2, 0.25) is 0 Å². The average molecular weight is 351 g/mol. The first-order valence-electron chi connectivity index (χ1n) is 8.57. The Morgan fingerprint density at radius 3 is 2.44 bits per heavy atom. The van der Waals surface area contributed by atoms with Crippen LogP contribution in [0.25, 0.3) is 0 Å². The molecule has 1 heterocycles. The van der Waals surface area contributed by atoms with Crippen LogP contribution >= 0.6 is 0 Å². The van der Waals surface area contributed by atoms with Crippen molar-refractivity contribution < 1.29 is 14.7 Å². The highest BCUT2D eigenvalue weighted by atomic mass is 19.1. The van der Waals surface area contributed by atoms with E-state index in [4.69, 9.17) is 15.3 Å². The van der Waals surface area contributed by atoms with Gasteiger partial charge in [-0.05, 0) is 24.1 Å². The zero-order chi connectivity index (χ0) is 18.5. The summed E-state index contributed by atoms with van der Waals surface area (Å²) in [6.45, 7) is 3.15. The van der Waals surface area contributed by atoms with Crippen molar-refractivity contribution in [3.8, 4) is 0 Å². The van der Waals surface area contributed by atoms with E-state index in [0.717, 1.165) is 13.0 Å². The van der Waals surface area contributed by atoms with E-state index in [1.54, 1.807) is 12.1 Å². The maximum absolute atomic E-state index is 13.1. The van der Waals surface area contributed by atoms with Gasteiger partial charge in [-0.1, -0.05) is 51.2 Å². The number of unbranched alkanes of at least 4 members (excludes halogenated alkanes) is 4. The minimum absolute atomic E-state index is 0.164. The van der Waals surface area contributed by atoms with Crippen molar-refractivity contribution in [2.75, 3.05) is 0 Å². The summed E-state index contributed by atoms with van der Waals surface area (Å²) in [5.74, 6) is 0.268. The molecule has 0 saturated carbocycles. The lowest BCUT2D eigenvalue weighted by Crippen LogP contribution is -2.08. The lowest BCUT2D eigenvalue weighted by Gasteiger charge is -2.18.